The van der Waals surface area contributed by atoms with Crippen molar-refractivity contribution in [2.45, 2.75) is 6.42 Å². The standard InChI is InChI=1S/C12H14N4O2/c13-9-10-3-1-4-11(12(10)16(17)18)15-7-2-5-14-6-8-15/h1,3-4,14H,2,5-8H2. The molecule has 6 nitrogen and oxygen atoms in total. The minimum atomic E-state index is -0.466. The Morgan fingerprint density at radius 1 is 1.39 bits per heavy atom. The molecular formula is C12H14N4O2. The number of hydrogen-bond acceptors (Lipinski definition) is 5. The van der Waals surface area contributed by atoms with Crippen LogP contribution in [0.4, 0.5) is 11.4 Å². The fourth-order valence-corrected chi connectivity index (χ4v) is 2.16. The molecule has 1 saturated heterocycles. The average molecular weight is 246 g/mol. The van der Waals surface area contributed by atoms with Crippen molar-refractivity contribution < 1.29 is 4.92 Å². The Kier molecular flexibility index (Phi) is 3.75. The molecule has 0 aliphatic carbocycles. The normalized spacial score (nSPS) is 15.8. The molecule has 1 N–H and O–H groups in total. The predicted molar refractivity (Wildman–Crippen MR) is 67.5 cm³/mol. The smallest absolute Gasteiger partial charge is 0.310 e. The van der Waals surface area contributed by atoms with Gasteiger partial charge < -0.3 is 10.2 Å². The number of nitrogens with one attached hydrogen (secondary N) is 1. The highest BCUT2D eigenvalue weighted by Crippen LogP contribution is 2.31. The molecule has 0 saturated carbocycles. The van der Waals surface area contributed by atoms with Gasteiger partial charge in [0.2, 0.25) is 0 Å². The number of nitro groups is 1. The Hall–Kier alpha value is -2.13. The SMILES string of the molecule is N#Cc1cccc(N2CCCNCC2)c1[N+](=O)[O-]. The molecule has 94 valence electrons. The molecule has 0 amide bonds. The lowest BCUT2D eigenvalue weighted by molar-refractivity contribution is -0.384. The minimum absolute atomic E-state index is 0.0816. The minimum Gasteiger partial charge on any atom is -0.365 e. The Morgan fingerprint density at radius 2 is 2.22 bits per heavy atom. The van der Waals surface area contributed by atoms with Crippen LogP contribution in [-0.4, -0.2) is 31.1 Å². The van der Waals surface area contributed by atoms with Gasteiger partial charge >= 0.3 is 5.69 Å². The molecule has 0 unspecified atom stereocenters. The lowest BCUT2D eigenvalue weighted by Crippen LogP contribution is -2.28. The Morgan fingerprint density at radius 3 is 2.94 bits per heavy atom. The first-order valence-corrected chi connectivity index (χ1v) is 5.87. The molecular weight excluding hydrogens is 232 g/mol. The summed E-state index contributed by atoms with van der Waals surface area (Å²) in [4.78, 5) is 12.6. The van der Waals surface area contributed by atoms with Gasteiger partial charge in [-0.25, -0.2) is 0 Å². The number of rotatable bonds is 2. The summed E-state index contributed by atoms with van der Waals surface area (Å²) in [6.45, 7) is 3.20. The van der Waals surface area contributed by atoms with Crippen LogP contribution in [0, 0.1) is 21.4 Å². The van der Waals surface area contributed by atoms with Crippen molar-refractivity contribution in [3.05, 3.63) is 33.9 Å². The molecule has 0 radical (unpaired) electrons. The third kappa shape index (κ3) is 2.41. The van der Waals surface area contributed by atoms with Gasteiger partial charge in [-0.1, -0.05) is 6.07 Å². The molecule has 1 heterocycles. The van der Waals surface area contributed by atoms with Crippen molar-refractivity contribution in [1.82, 2.24) is 5.32 Å². The maximum atomic E-state index is 11.1. The summed E-state index contributed by atoms with van der Waals surface area (Å²) < 4.78 is 0. The molecule has 6 heteroatoms. The quantitative estimate of drug-likeness (QED) is 0.627. The summed E-state index contributed by atoms with van der Waals surface area (Å²) >= 11 is 0. The van der Waals surface area contributed by atoms with Crippen molar-refractivity contribution in [1.29, 1.82) is 5.26 Å². The predicted octanol–water partition coefficient (Wildman–Crippen LogP) is 1.27. The van der Waals surface area contributed by atoms with Gasteiger partial charge in [0, 0.05) is 19.6 Å². The number of para-hydroxylation sites is 1. The summed E-state index contributed by atoms with van der Waals surface area (Å²) in [6.07, 6.45) is 0.938. The molecule has 0 aromatic heterocycles. The summed E-state index contributed by atoms with van der Waals surface area (Å²) in [5, 5.41) is 23.4. The second-order valence-corrected chi connectivity index (χ2v) is 4.13. The fraction of sp³-hybridized carbons (Fsp3) is 0.417. The monoisotopic (exact) mass is 246 g/mol. The average Bonchev–Trinajstić information content (AvgIpc) is 2.66. The maximum Gasteiger partial charge on any atom is 0.310 e. The van der Waals surface area contributed by atoms with Crippen LogP contribution in [0.1, 0.15) is 12.0 Å². The van der Waals surface area contributed by atoms with Gasteiger partial charge in [-0.2, -0.15) is 5.26 Å². The third-order valence-corrected chi connectivity index (χ3v) is 3.00. The number of nitrogens with zero attached hydrogens (tertiary/aromatic N) is 3. The molecule has 1 aliphatic rings. The van der Waals surface area contributed by atoms with Gasteiger partial charge in [-0.15, -0.1) is 0 Å². The Labute approximate surface area is 105 Å². The highest BCUT2D eigenvalue weighted by atomic mass is 16.6. The van der Waals surface area contributed by atoms with E-state index in [1.54, 1.807) is 12.1 Å². The Balaban J connectivity index is 2.43. The van der Waals surface area contributed by atoms with Crippen LogP contribution in [-0.2, 0) is 0 Å². The van der Waals surface area contributed by atoms with Crippen molar-refractivity contribution in [3.8, 4) is 6.07 Å². The van der Waals surface area contributed by atoms with Gasteiger partial charge in [0.05, 0.1) is 4.92 Å². The largest absolute Gasteiger partial charge is 0.365 e. The lowest BCUT2D eigenvalue weighted by atomic mass is 10.1. The van der Waals surface area contributed by atoms with Crippen LogP contribution in [0.3, 0.4) is 0 Å². The van der Waals surface area contributed by atoms with Gasteiger partial charge in [0.25, 0.3) is 0 Å². The highest BCUT2D eigenvalue weighted by molar-refractivity contribution is 5.69. The van der Waals surface area contributed by atoms with Crippen molar-refractivity contribution in [2.24, 2.45) is 0 Å². The van der Waals surface area contributed by atoms with Gasteiger partial charge in [-0.05, 0) is 25.1 Å². The fourth-order valence-electron chi connectivity index (χ4n) is 2.16. The van der Waals surface area contributed by atoms with E-state index in [1.165, 1.54) is 6.07 Å². The maximum absolute atomic E-state index is 11.1. The van der Waals surface area contributed by atoms with Crippen LogP contribution >= 0.6 is 0 Å². The van der Waals surface area contributed by atoms with E-state index in [0.717, 1.165) is 32.6 Å². The van der Waals surface area contributed by atoms with E-state index in [-0.39, 0.29) is 11.3 Å². The summed E-state index contributed by atoms with van der Waals surface area (Å²) in [7, 11) is 0. The van der Waals surface area contributed by atoms with Crippen LogP contribution < -0.4 is 10.2 Å². The number of benzene rings is 1. The van der Waals surface area contributed by atoms with Crippen molar-refractivity contribution >= 4 is 11.4 Å². The molecule has 0 bridgehead atoms. The first kappa shape index (κ1) is 12.3. The third-order valence-electron chi connectivity index (χ3n) is 3.00. The van der Waals surface area contributed by atoms with E-state index in [2.05, 4.69) is 5.32 Å². The number of hydrogen-bond donors (Lipinski definition) is 1. The topological polar surface area (TPSA) is 82.2 Å². The molecule has 1 aliphatic heterocycles. The molecule has 2 rings (SSSR count). The summed E-state index contributed by atoms with van der Waals surface area (Å²) in [5.41, 5.74) is 0.583. The van der Waals surface area contributed by atoms with E-state index in [1.807, 2.05) is 11.0 Å². The van der Waals surface area contributed by atoms with Gasteiger partial charge in [0.1, 0.15) is 17.3 Å². The van der Waals surface area contributed by atoms with E-state index in [9.17, 15) is 10.1 Å². The molecule has 18 heavy (non-hydrogen) atoms. The zero-order chi connectivity index (χ0) is 13.0. The zero-order valence-corrected chi connectivity index (χ0v) is 9.93. The molecule has 1 aromatic rings. The highest BCUT2D eigenvalue weighted by Gasteiger charge is 2.24. The van der Waals surface area contributed by atoms with Crippen molar-refractivity contribution in [2.75, 3.05) is 31.1 Å². The first-order valence-electron chi connectivity index (χ1n) is 5.87. The van der Waals surface area contributed by atoms with Crippen LogP contribution in [0.25, 0.3) is 0 Å². The molecule has 1 aromatic carbocycles. The zero-order valence-electron chi connectivity index (χ0n) is 9.93. The van der Waals surface area contributed by atoms with Crippen LogP contribution in [0.15, 0.2) is 18.2 Å². The van der Waals surface area contributed by atoms with Gasteiger partial charge in [0.15, 0.2) is 0 Å². The second kappa shape index (κ2) is 5.47. The Bertz CT molecular complexity index is 487. The summed E-state index contributed by atoms with van der Waals surface area (Å²) in [5.74, 6) is 0. The number of nitro benzene ring substituents is 1. The van der Waals surface area contributed by atoms with Crippen LogP contribution in [0.2, 0.25) is 0 Å². The van der Waals surface area contributed by atoms with Gasteiger partial charge in [-0.3, -0.25) is 10.1 Å². The van der Waals surface area contributed by atoms with E-state index in [0.29, 0.717) is 5.69 Å². The first-order chi connectivity index (χ1) is 8.74. The van der Waals surface area contributed by atoms with Crippen LogP contribution in [0.5, 0.6) is 0 Å². The summed E-state index contributed by atoms with van der Waals surface area (Å²) in [6, 6.07) is 6.78. The molecule has 0 spiro atoms. The number of nitriles is 1. The van der Waals surface area contributed by atoms with E-state index >= 15 is 0 Å². The van der Waals surface area contributed by atoms with E-state index < -0.39 is 4.92 Å². The van der Waals surface area contributed by atoms with E-state index in [4.69, 9.17) is 5.26 Å². The van der Waals surface area contributed by atoms with Crippen molar-refractivity contribution in [3.63, 3.8) is 0 Å². The second-order valence-electron chi connectivity index (χ2n) is 4.13. The lowest BCUT2D eigenvalue weighted by Gasteiger charge is -2.22. The molecule has 1 fully saturated rings. The molecule has 0 atom stereocenters. The number of anilines is 1.